The van der Waals surface area contributed by atoms with Crippen molar-refractivity contribution >= 4 is 9.84 Å². The number of rotatable bonds is 6. The van der Waals surface area contributed by atoms with Crippen molar-refractivity contribution in [3.8, 4) is 0 Å². The highest BCUT2D eigenvalue weighted by atomic mass is 32.2. The molecule has 5 nitrogen and oxygen atoms in total. The van der Waals surface area contributed by atoms with Crippen molar-refractivity contribution in [1.29, 1.82) is 0 Å². The third kappa shape index (κ3) is 4.19. The molecule has 1 rings (SSSR count). The van der Waals surface area contributed by atoms with Crippen molar-refractivity contribution in [3.05, 3.63) is 0 Å². The molecule has 0 atom stereocenters. The summed E-state index contributed by atoms with van der Waals surface area (Å²) in [4.78, 5) is 2.12. The first-order valence-corrected chi connectivity index (χ1v) is 8.51. The van der Waals surface area contributed by atoms with Crippen molar-refractivity contribution in [2.24, 2.45) is 5.73 Å². The van der Waals surface area contributed by atoms with Crippen LogP contribution in [0.1, 0.15) is 25.7 Å². The van der Waals surface area contributed by atoms with Crippen LogP contribution in [-0.2, 0) is 14.6 Å². The molecule has 0 bridgehead atoms. The van der Waals surface area contributed by atoms with E-state index in [1.165, 1.54) is 6.26 Å². The number of hydrogen-bond donors (Lipinski definition) is 1. The summed E-state index contributed by atoms with van der Waals surface area (Å²) in [6.45, 7) is 1.12. The van der Waals surface area contributed by atoms with Crippen LogP contribution in [0.25, 0.3) is 0 Å². The van der Waals surface area contributed by atoms with Gasteiger partial charge in [0, 0.05) is 32.0 Å². The predicted molar refractivity (Wildman–Crippen MR) is 73.4 cm³/mol. The molecular weight excluding hydrogens is 252 g/mol. The van der Waals surface area contributed by atoms with Gasteiger partial charge in [0.1, 0.15) is 9.84 Å². The van der Waals surface area contributed by atoms with Gasteiger partial charge in [-0.05, 0) is 32.7 Å². The number of ether oxygens (including phenoxy) is 1. The van der Waals surface area contributed by atoms with E-state index in [2.05, 4.69) is 4.90 Å². The van der Waals surface area contributed by atoms with Crippen LogP contribution < -0.4 is 5.73 Å². The molecule has 0 heterocycles. The molecule has 1 aliphatic carbocycles. The van der Waals surface area contributed by atoms with E-state index in [1.54, 1.807) is 7.11 Å². The van der Waals surface area contributed by atoms with Crippen molar-refractivity contribution < 1.29 is 13.2 Å². The minimum absolute atomic E-state index is 0.0558. The number of nitrogens with zero attached hydrogens (tertiary/aromatic N) is 1. The molecule has 0 unspecified atom stereocenters. The molecule has 108 valence electrons. The van der Waals surface area contributed by atoms with Gasteiger partial charge in [0.2, 0.25) is 0 Å². The summed E-state index contributed by atoms with van der Waals surface area (Å²) >= 11 is 0. The maximum atomic E-state index is 11.2. The SMILES string of the molecule is COC1CCC(CN)(N(C)CCS(C)(=O)=O)CC1. The summed E-state index contributed by atoms with van der Waals surface area (Å²) in [5.74, 6) is 0.193. The van der Waals surface area contributed by atoms with E-state index in [9.17, 15) is 8.42 Å². The largest absolute Gasteiger partial charge is 0.381 e. The summed E-state index contributed by atoms with van der Waals surface area (Å²) in [6, 6.07) is 0. The van der Waals surface area contributed by atoms with Crippen molar-refractivity contribution in [3.63, 3.8) is 0 Å². The van der Waals surface area contributed by atoms with Crippen LogP contribution in [0.3, 0.4) is 0 Å². The monoisotopic (exact) mass is 278 g/mol. The Hall–Kier alpha value is -0.170. The molecule has 0 aromatic heterocycles. The van der Waals surface area contributed by atoms with E-state index in [1.807, 2.05) is 7.05 Å². The van der Waals surface area contributed by atoms with Gasteiger partial charge < -0.3 is 10.5 Å². The second kappa shape index (κ2) is 6.32. The highest BCUT2D eigenvalue weighted by Gasteiger charge is 2.37. The van der Waals surface area contributed by atoms with Crippen molar-refractivity contribution in [2.75, 3.05) is 39.3 Å². The fraction of sp³-hybridized carbons (Fsp3) is 1.00. The topological polar surface area (TPSA) is 72.6 Å². The number of methoxy groups -OCH3 is 1. The van der Waals surface area contributed by atoms with Gasteiger partial charge in [0.15, 0.2) is 0 Å². The van der Waals surface area contributed by atoms with E-state index in [0.29, 0.717) is 19.2 Å². The van der Waals surface area contributed by atoms with Crippen LogP contribution in [0, 0.1) is 0 Å². The maximum absolute atomic E-state index is 11.2. The van der Waals surface area contributed by atoms with Gasteiger partial charge in [-0.2, -0.15) is 0 Å². The number of likely N-dealkylation sites (N-methyl/N-ethyl adjacent to an activating group) is 1. The molecule has 2 N–H and O–H groups in total. The number of sulfone groups is 1. The standard InChI is InChI=1S/C12H26N2O3S/c1-14(8-9-18(3,15)16)12(10-13)6-4-11(17-2)5-7-12/h11H,4-10,13H2,1-3H3. The highest BCUT2D eigenvalue weighted by Crippen LogP contribution is 2.33. The molecule has 1 saturated carbocycles. The van der Waals surface area contributed by atoms with Crippen LogP contribution in [0.2, 0.25) is 0 Å². The Labute approximate surface area is 111 Å². The summed E-state index contributed by atoms with van der Waals surface area (Å²) < 4.78 is 27.8. The van der Waals surface area contributed by atoms with E-state index in [0.717, 1.165) is 25.7 Å². The van der Waals surface area contributed by atoms with E-state index in [4.69, 9.17) is 10.5 Å². The Morgan fingerprint density at radius 3 is 2.33 bits per heavy atom. The summed E-state index contributed by atoms with van der Waals surface area (Å²) in [6.07, 6.45) is 5.55. The Morgan fingerprint density at radius 2 is 1.94 bits per heavy atom. The van der Waals surface area contributed by atoms with Crippen LogP contribution in [0.5, 0.6) is 0 Å². The normalized spacial score (nSPS) is 29.7. The lowest BCUT2D eigenvalue weighted by atomic mass is 9.79. The quantitative estimate of drug-likeness (QED) is 0.754. The second-order valence-electron chi connectivity index (χ2n) is 5.41. The minimum atomic E-state index is -2.92. The maximum Gasteiger partial charge on any atom is 0.148 e. The van der Waals surface area contributed by atoms with Crippen LogP contribution in [0.4, 0.5) is 0 Å². The zero-order chi connectivity index (χ0) is 13.8. The Morgan fingerprint density at radius 1 is 1.39 bits per heavy atom. The molecule has 0 spiro atoms. The summed E-state index contributed by atoms with van der Waals surface area (Å²) in [5.41, 5.74) is 5.88. The fourth-order valence-electron chi connectivity index (χ4n) is 2.65. The molecular formula is C12H26N2O3S. The van der Waals surface area contributed by atoms with Crippen LogP contribution in [0.15, 0.2) is 0 Å². The lowest BCUT2D eigenvalue weighted by molar-refractivity contribution is 0.00555. The molecule has 0 amide bonds. The summed E-state index contributed by atoms with van der Waals surface area (Å²) in [7, 11) is 0.805. The molecule has 1 fully saturated rings. The lowest BCUT2D eigenvalue weighted by Crippen LogP contribution is -2.55. The first-order chi connectivity index (χ1) is 8.33. The number of hydrogen-bond acceptors (Lipinski definition) is 5. The van der Waals surface area contributed by atoms with Gasteiger partial charge in [-0.1, -0.05) is 0 Å². The molecule has 0 radical (unpaired) electrons. The van der Waals surface area contributed by atoms with Gasteiger partial charge in [0.25, 0.3) is 0 Å². The molecule has 0 saturated heterocycles. The highest BCUT2D eigenvalue weighted by molar-refractivity contribution is 7.90. The minimum Gasteiger partial charge on any atom is -0.381 e. The van der Waals surface area contributed by atoms with Crippen LogP contribution >= 0.6 is 0 Å². The Kier molecular flexibility index (Phi) is 5.58. The average molecular weight is 278 g/mol. The smallest absolute Gasteiger partial charge is 0.148 e. The van der Waals surface area contributed by atoms with E-state index < -0.39 is 9.84 Å². The van der Waals surface area contributed by atoms with Gasteiger partial charge in [-0.3, -0.25) is 4.90 Å². The zero-order valence-electron chi connectivity index (χ0n) is 11.7. The average Bonchev–Trinajstić information content (AvgIpc) is 2.35. The zero-order valence-corrected chi connectivity index (χ0v) is 12.5. The summed E-state index contributed by atoms with van der Waals surface area (Å²) in [5, 5.41) is 0. The Balaban J connectivity index is 2.59. The van der Waals surface area contributed by atoms with Gasteiger partial charge >= 0.3 is 0 Å². The molecule has 0 aliphatic heterocycles. The van der Waals surface area contributed by atoms with Gasteiger partial charge in [0.05, 0.1) is 11.9 Å². The first-order valence-electron chi connectivity index (χ1n) is 6.45. The Bertz CT molecular complexity index is 348. The van der Waals surface area contributed by atoms with E-state index >= 15 is 0 Å². The first kappa shape index (κ1) is 15.9. The fourth-order valence-corrected chi connectivity index (χ4v) is 3.25. The predicted octanol–water partition coefficient (Wildman–Crippen LogP) is 0.249. The van der Waals surface area contributed by atoms with Crippen molar-refractivity contribution in [1.82, 2.24) is 4.90 Å². The van der Waals surface area contributed by atoms with Crippen molar-refractivity contribution in [2.45, 2.75) is 37.3 Å². The molecule has 6 heteroatoms. The second-order valence-corrected chi connectivity index (χ2v) is 7.67. The van der Waals surface area contributed by atoms with Crippen LogP contribution in [-0.4, -0.2) is 64.2 Å². The van der Waals surface area contributed by atoms with E-state index in [-0.39, 0.29) is 11.3 Å². The molecule has 0 aromatic carbocycles. The van der Waals surface area contributed by atoms with Gasteiger partial charge in [-0.15, -0.1) is 0 Å². The lowest BCUT2D eigenvalue weighted by Gasteiger charge is -2.45. The third-order valence-corrected chi connectivity index (χ3v) is 5.11. The molecule has 1 aliphatic rings. The number of nitrogens with two attached hydrogens (primary N) is 1. The third-order valence-electron chi connectivity index (χ3n) is 4.18. The molecule has 0 aromatic rings. The molecule has 18 heavy (non-hydrogen) atoms. The van der Waals surface area contributed by atoms with Gasteiger partial charge in [-0.25, -0.2) is 8.42 Å².